The van der Waals surface area contributed by atoms with E-state index in [1.165, 1.54) is 12.2 Å². The maximum atomic E-state index is 12.6. The lowest BCUT2D eigenvalue weighted by molar-refractivity contribution is -0.133. The van der Waals surface area contributed by atoms with Crippen molar-refractivity contribution >= 4 is 24.0 Å². The minimum Gasteiger partial charge on any atom is -0.493 e. The Morgan fingerprint density at radius 2 is 0.971 bits per heavy atom. The van der Waals surface area contributed by atoms with Gasteiger partial charge >= 0.3 is 0 Å². The van der Waals surface area contributed by atoms with E-state index in [2.05, 4.69) is 0 Å². The molecular weight excluding hydrogens is 436 g/mol. The number of carbonyl (C=O) groups excluding carboxylic acids is 2. The Labute approximate surface area is 200 Å². The van der Waals surface area contributed by atoms with Crippen molar-refractivity contribution in [3.63, 3.8) is 0 Å². The highest BCUT2D eigenvalue weighted by Gasteiger charge is 2.21. The molecule has 0 aliphatic carbocycles. The van der Waals surface area contributed by atoms with Crippen LogP contribution in [0.2, 0.25) is 0 Å². The number of piperazine rings is 1. The Kier molecular flexibility index (Phi) is 8.56. The molecule has 0 saturated carbocycles. The van der Waals surface area contributed by atoms with Crippen molar-refractivity contribution < 1.29 is 28.5 Å². The van der Waals surface area contributed by atoms with Gasteiger partial charge in [-0.25, -0.2) is 0 Å². The summed E-state index contributed by atoms with van der Waals surface area (Å²) in [5, 5.41) is 0. The first-order chi connectivity index (χ1) is 16.5. The summed E-state index contributed by atoms with van der Waals surface area (Å²) in [6.45, 7) is 1.91. The maximum absolute atomic E-state index is 12.6. The number of hydrogen-bond donors (Lipinski definition) is 0. The summed E-state index contributed by atoms with van der Waals surface area (Å²) in [6, 6.07) is 10.9. The summed E-state index contributed by atoms with van der Waals surface area (Å²) in [5.41, 5.74) is 1.67. The van der Waals surface area contributed by atoms with E-state index in [-0.39, 0.29) is 11.8 Å². The fourth-order valence-corrected chi connectivity index (χ4v) is 3.61. The molecule has 0 N–H and O–H groups in total. The molecule has 3 rings (SSSR count). The average molecular weight is 467 g/mol. The van der Waals surface area contributed by atoms with Gasteiger partial charge in [0.2, 0.25) is 11.8 Å². The van der Waals surface area contributed by atoms with Gasteiger partial charge in [-0.1, -0.05) is 12.1 Å². The summed E-state index contributed by atoms with van der Waals surface area (Å²) < 4.78 is 21.1. The first-order valence-electron chi connectivity index (χ1n) is 10.9. The molecule has 0 radical (unpaired) electrons. The standard InChI is InChI=1S/C26H30N2O6/c1-31-21-9-5-19(17-23(21)33-3)7-11-25(29)27-13-15-28(16-14-27)26(30)12-8-20-6-10-22(32-2)24(18-20)34-4/h5-12,17-18H,13-16H2,1-4H3. The fourth-order valence-electron chi connectivity index (χ4n) is 3.61. The number of ether oxygens (including phenoxy) is 4. The molecule has 1 saturated heterocycles. The highest BCUT2D eigenvalue weighted by atomic mass is 16.5. The minimum atomic E-state index is -0.0947. The molecule has 0 unspecified atom stereocenters. The highest BCUT2D eigenvalue weighted by molar-refractivity contribution is 5.93. The molecule has 2 aromatic rings. The number of rotatable bonds is 8. The summed E-state index contributed by atoms with van der Waals surface area (Å²) >= 11 is 0. The van der Waals surface area contributed by atoms with Crippen molar-refractivity contribution in [1.29, 1.82) is 0 Å². The van der Waals surface area contributed by atoms with Crippen LogP contribution in [0.25, 0.3) is 12.2 Å². The van der Waals surface area contributed by atoms with Gasteiger partial charge in [-0.05, 0) is 47.5 Å². The zero-order valence-corrected chi connectivity index (χ0v) is 19.9. The van der Waals surface area contributed by atoms with Gasteiger partial charge in [0.05, 0.1) is 28.4 Å². The van der Waals surface area contributed by atoms with Gasteiger partial charge in [-0.3, -0.25) is 9.59 Å². The van der Waals surface area contributed by atoms with E-state index in [9.17, 15) is 9.59 Å². The number of carbonyl (C=O) groups is 2. The monoisotopic (exact) mass is 466 g/mol. The maximum Gasteiger partial charge on any atom is 0.246 e. The molecule has 2 amide bonds. The number of amides is 2. The lowest BCUT2D eigenvalue weighted by atomic mass is 10.1. The first-order valence-corrected chi connectivity index (χ1v) is 10.9. The van der Waals surface area contributed by atoms with Gasteiger partial charge < -0.3 is 28.7 Å². The summed E-state index contributed by atoms with van der Waals surface area (Å²) in [7, 11) is 6.29. The largest absolute Gasteiger partial charge is 0.493 e. The topological polar surface area (TPSA) is 77.5 Å². The number of methoxy groups -OCH3 is 4. The summed E-state index contributed by atoms with van der Waals surface area (Å²) in [4.78, 5) is 28.7. The Morgan fingerprint density at radius 1 is 0.618 bits per heavy atom. The van der Waals surface area contributed by atoms with Crippen molar-refractivity contribution in [3.8, 4) is 23.0 Å². The second-order valence-corrected chi connectivity index (χ2v) is 7.55. The lowest BCUT2D eigenvalue weighted by Crippen LogP contribution is -2.49. The van der Waals surface area contributed by atoms with Crippen LogP contribution < -0.4 is 18.9 Å². The summed E-state index contributed by atoms with van der Waals surface area (Å²) in [6.07, 6.45) is 6.56. The average Bonchev–Trinajstić information content (AvgIpc) is 2.89. The Balaban J connectivity index is 1.53. The minimum absolute atomic E-state index is 0.0947. The van der Waals surface area contributed by atoms with Gasteiger partial charge in [0.1, 0.15) is 0 Å². The first kappa shape index (κ1) is 24.7. The zero-order chi connectivity index (χ0) is 24.5. The van der Waals surface area contributed by atoms with Gasteiger partial charge in [-0.15, -0.1) is 0 Å². The van der Waals surface area contributed by atoms with Gasteiger partial charge in [0, 0.05) is 38.3 Å². The van der Waals surface area contributed by atoms with E-state index < -0.39 is 0 Å². The number of nitrogens with zero attached hydrogens (tertiary/aromatic N) is 2. The van der Waals surface area contributed by atoms with Crippen LogP contribution in [-0.4, -0.2) is 76.2 Å². The molecule has 0 aromatic heterocycles. The Morgan fingerprint density at radius 3 is 1.29 bits per heavy atom. The molecule has 0 bridgehead atoms. The molecule has 180 valence electrons. The van der Waals surface area contributed by atoms with Crippen LogP contribution in [0.4, 0.5) is 0 Å². The van der Waals surface area contributed by atoms with Crippen LogP contribution in [0, 0.1) is 0 Å². The van der Waals surface area contributed by atoms with Crippen LogP contribution in [0.3, 0.4) is 0 Å². The molecule has 1 fully saturated rings. The fraction of sp³-hybridized carbons (Fsp3) is 0.308. The third-order valence-electron chi connectivity index (χ3n) is 5.55. The Hall–Kier alpha value is -3.94. The Bertz CT molecular complexity index is 985. The van der Waals surface area contributed by atoms with Crippen molar-refractivity contribution in [3.05, 3.63) is 59.7 Å². The molecule has 8 heteroatoms. The predicted molar refractivity (Wildman–Crippen MR) is 130 cm³/mol. The van der Waals surface area contributed by atoms with Crippen LogP contribution in [0.1, 0.15) is 11.1 Å². The van der Waals surface area contributed by atoms with E-state index in [1.54, 1.807) is 62.5 Å². The molecule has 8 nitrogen and oxygen atoms in total. The molecule has 2 aromatic carbocycles. The third-order valence-corrected chi connectivity index (χ3v) is 5.55. The van der Waals surface area contributed by atoms with Crippen molar-refractivity contribution in [2.24, 2.45) is 0 Å². The van der Waals surface area contributed by atoms with Crippen molar-refractivity contribution in [2.75, 3.05) is 54.6 Å². The zero-order valence-electron chi connectivity index (χ0n) is 19.9. The van der Waals surface area contributed by atoms with Crippen molar-refractivity contribution in [1.82, 2.24) is 9.80 Å². The highest BCUT2D eigenvalue weighted by Crippen LogP contribution is 2.29. The SMILES string of the molecule is COc1ccc(C=CC(=O)N2CCN(C(=O)C=Cc3ccc(OC)c(OC)c3)CC2)cc1OC. The molecular formula is C26H30N2O6. The van der Waals surface area contributed by atoms with Gasteiger partial charge in [0.25, 0.3) is 0 Å². The third kappa shape index (κ3) is 6.10. The van der Waals surface area contributed by atoms with E-state index in [1.807, 2.05) is 24.3 Å². The van der Waals surface area contributed by atoms with Gasteiger partial charge in [0.15, 0.2) is 23.0 Å². The van der Waals surface area contributed by atoms with Crippen molar-refractivity contribution in [2.45, 2.75) is 0 Å². The second-order valence-electron chi connectivity index (χ2n) is 7.55. The second kappa shape index (κ2) is 11.8. The van der Waals surface area contributed by atoms with E-state index in [0.717, 1.165) is 11.1 Å². The molecule has 1 heterocycles. The smallest absolute Gasteiger partial charge is 0.246 e. The van der Waals surface area contributed by atoms with E-state index in [4.69, 9.17) is 18.9 Å². The number of hydrogen-bond acceptors (Lipinski definition) is 6. The van der Waals surface area contributed by atoms with Crippen LogP contribution in [0.5, 0.6) is 23.0 Å². The summed E-state index contributed by atoms with van der Waals surface area (Å²) in [5.74, 6) is 2.28. The lowest BCUT2D eigenvalue weighted by Gasteiger charge is -2.33. The molecule has 0 spiro atoms. The molecule has 34 heavy (non-hydrogen) atoms. The number of benzene rings is 2. The molecule has 1 aliphatic heterocycles. The van der Waals surface area contributed by atoms with Gasteiger partial charge in [-0.2, -0.15) is 0 Å². The molecule has 1 aliphatic rings. The van der Waals surface area contributed by atoms with Crippen LogP contribution in [0.15, 0.2) is 48.6 Å². The normalized spacial score (nSPS) is 13.9. The van der Waals surface area contributed by atoms with E-state index >= 15 is 0 Å². The van der Waals surface area contributed by atoms with E-state index in [0.29, 0.717) is 49.2 Å². The van der Waals surface area contributed by atoms with Crippen LogP contribution >= 0.6 is 0 Å². The quantitative estimate of drug-likeness (QED) is 0.557. The molecule has 0 atom stereocenters. The van der Waals surface area contributed by atoms with Crippen LogP contribution in [-0.2, 0) is 9.59 Å². The predicted octanol–water partition coefficient (Wildman–Crippen LogP) is 3.12.